The fourth-order valence-corrected chi connectivity index (χ4v) is 3.94. The molecule has 0 radical (unpaired) electrons. The topological polar surface area (TPSA) is 35.6 Å². The Labute approximate surface area is 137 Å². The Balaban J connectivity index is 1.50. The van der Waals surface area contributed by atoms with Crippen LogP contribution in [0.3, 0.4) is 0 Å². The number of hydrogen-bond donors (Lipinski definition) is 1. The molecule has 4 nitrogen and oxygen atoms in total. The van der Waals surface area contributed by atoms with Gasteiger partial charge in [0.15, 0.2) is 0 Å². The molecule has 1 atom stereocenters. The Hall–Kier alpha value is -2.07. The third-order valence-corrected chi connectivity index (χ3v) is 5.09. The lowest BCUT2D eigenvalue weighted by molar-refractivity contribution is 0.122. The zero-order chi connectivity index (χ0) is 15.6. The number of urea groups is 1. The smallest absolute Gasteiger partial charge is 0.317 e. The zero-order valence-electron chi connectivity index (χ0n) is 13.4. The highest BCUT2D eigenvalue weighted by Gasteiger charge is 2.31. The Kier molecular flexibility index (Phi) is 3.92. The molecular formula is C19H23N3O. The lowest BCUT2D eigenvalue weighted by atomic mass is 10.0. The number of fused-ring (bicyclic) bond motifs is 1. The van der Waals surface area contributed by atoms with Crippen molar-refractivity contribution in [1.29, 1.82) is 0 Å². The number of benzene rings is 2. The number of carbonyl (C=O) groups is 1. The van der Waals surface area contributed by atoms with Crippen LogP contribution in [0.25, 0.3) is 10.8 Å². The molecule has 2 aliphatic rings. The molecule has 2 amide bonds. The van der Waals surface area contributed by atoms with Gasteiger partial charge in [-0.3, -0.25) is 4.90 Å². The van der Waals surface area contributed by atoms with Crippen molar-refractivity contribution in [2.45, 2.75) is 25.4 Å². The minimum Gasteiger partial charge on any atom is -0.336 e. The van der Waals surface area contributed by atoms with Crippen LogP contribution < -0.4 is 5.32 Å². The predicted molar refractivity (Wildman–Crippen MR) is 92.4 cm³/mol. The Bertz CT molecular complexity index is 709. The van der Waals surface area contributed by atoms with Crippen molar-refractivity contribution >= 4 is 16.8 Å². The highest BCUT2D eigenvalue weighted by Crippen LogP contribution is 2.23. The van der Waals surface area contributed by atoms with E-state index in [2.05, 4.69) is 52.7 Å². The largest absolute Gasteiger partial charge is 0.336 e. The maximum Gasteiger partial charge on any atom is 0.317 e. The van der Waals surface area contributed by atoms with Gasteiger partial charge in [-0.1, -0.05) is 42.5 Å². The summed E-state index contributed by atoms with van der Waals surface area (Å²) in [5.41, 5.74) is 1.38. The van der Waals surface area contributed by atoms with Crippen molar-refractivity contribution < 1.29 is 4.79 Å². The quantitative estimate of drug-likeness (QED) is 0.946. The second kappa shape index (κ2) is 6.20. The summed E-state index contributed by atoms with van der Waals surface area (Å²) in [5.74, 6) is 0. The molecule has 0 aromatic heterocycles. The van der Waals surface area contributed by atoms with Gasteiger partial charge in [-0.2, -0.15) is 0 Å². The lowest BCUT2D eigenvalue weighted by Crippen LogP contribution is -2.48. The van der Waals surface area contributed by atoms with Crippen LogP contribution in [0, 0.1) is 0 Å². The fourth-order valence-electron chi connectivity index (χ4n) is 3.94. The molecule has 0 bridgehead atoms. The monoisotopic (exact) mass is 309 g/mol. The third kappa shape index (κ3) is 2.91. The average molecular weight is 309 g/mol. The van der Waals surface area contributed by atoms with Gasteiger partial charge >= 0.3 is 6.03 Å². The summed E-state index contributed by atoms with van der Waals surface area (Å²) in [5, 5.41) is 5.57. The van der Waals surface area contributed by atoms with Crippen LogP contribution in [-0.2, 0) is 6.54 Å². The van der Waals surface area contributed by atoms with E-state index in [-0.39, 0.29) is 6.03 Å². The van der Waals surface area contributed by atoms with Crippen molar-refractivity contribution in [1.82, 2.24) is 15.1 Å². The maximum atomic E-state index is 11.9. The molecule has 2 saturated heterocycles. The van der Waals surface area contributed by atoms with E-state index in [9.17, 15) is 4.79 Å². The van der Waals surface area contributed by atoms with Crippen molar-refractivity contribution in [2.24, 2.45) is 0 Å². The SMILES string of the molecule is O=C1NCCN1[C@H]1CCCN(Cc2cccc3ccccc23)C1. The number of amides is 2. The highest BCUT2D eigenvalue weighted by molar-refractivity contribution is 5.85. The average Bonchev–Trinajstić information content (AvgIpc) is 3.02. The molecule has 2 aromatic carbocycles. The summed E-state index contributed by atoms with van der Waals surface area (Å²) in [6.45, 7) is 4.71. The van der Waals surface area contributed by atoms with Gasteiger partial charge in [-0.15, -0.1) is 0 Å². The summed E-state index contributed by atoms with van der Waals surface area (Å²) in [7, 11) is 0. The lowest BCUT2D eigenvalue weighted by Gasteiger charge is -2.37. The number of carbonyl (C=O) groups excluding carboxylic acids is 1. The second-order valence-corrected chi connectivity index (χ2v) is 6.59. The Morgan fingerprint density at radius 2 is 1.96 bits per heavy atom. The first-order valence-electron chi connectivity index (χ1n) is 8.55. The van der Waals surface area contributed by atoms with E-state index in [1.807, 2.05) is 4.90 Å². The Morgan fingerprint density at radius 1 is 1.09 bits per heavy atom. The summed E-state index contributed by atoms with van der Waals surface area (Å²) in [6, 6.07) is 15.6. The van der Waals surface area contributed by atoms with E-state index in [1.54, 1.807) is 0 Å². The first-order chi connectivity index (χ1) is 11.3. The Morgan fingerprint density at radius 3 is 2.83 bits per heavy atom. The van der Waals surface area contributed by atoms with Gasteiger partial charge in [-0.05, 0) is 35.7 Å². The molecule has 0 aliphatic carbocycles. The van der Waals surface area contributed by atoms with Crippen molar-refractivity contribution in [2.75, 3.05) is 26.2 Å². The molecule has 0 unspecified atom stereocenters. The van der Waals surface area contributed by atoms with Gasteiger partial charge in [0.2, 0.25) is 0 Å². The molecule has 23 heavy (non-hydrogen) atoms. The van der Waals surface area contributed by atoms with Gasteiger partial charge < -0.3 is 10.2 Å². The van der Waals surface area contributed by atoms with Crippen molar-refractivity contribution in [3.63, 3.8) is 0 Å². The van der Waals surface area contributed by atoms with E-state index < -0.39 is 0 Å². The molecule has 4 rings (SSSR count). The summed E-state index contributed by atoms with van der Waals surface area (Å²) in [6.07, 6.45) is 2.29. The number of rotatable bonds is 3. The van der Waals surface area contributed by atoms with E-state index >= 15 is 0 Å². The summed E-state index contributed by atoms with van der Waals surface area (Å²) < 4.78 is 0. The number of hydrogen-bond acceptors (Lipinski definition) is 2. The summed E-state index contributed by atoms with van der Waals surface area (Å²) in [4.78, 5) is 16.4. The first kappa shape index (κ1) is 14.5. The minimum absolute atomic E-state index is 0.113. The third-order valence-electron chi connectivity index (χ3n) is 5.09. The molecule has 2 fully saturated rings. The molecule has 2 heterocycles. The summed E-state index contributed by atoms with van der Waals surface area (Å²) >= 11 is 0. The van der Waals surface area contributed by atoms with Gasteiger partial charge in [-0.25, -0.2) is 4.79 Å². The van der Waals surface area contributed by atoms with E-state index in [0.29, 0.717) is 6.04 Å². The molecule has 120 valence electrons. The zero-order valence-corrected chi connectivity index (χ0v) is 13.4. The minimum atomic E-state index is 0.113. The molecule has 1 N–H and O–H groups in total. The molecule has 0 saturated carbocycles. The molecular weight excluding hydrogens is 286 g/mol. The van der Waals surface area contributed by atoms with E-state index in [0.717, 1.165) is 39.1 Å². The van der Waals surface area contributed by atoms with Crippen LogP contribution in [0.1, 0.15) is 18.4 Å². The van der Waals surface area contributed by atoms with Crippen LogP contribution in [-0.4, -0.2) is 48.1 Å². The number of nitrogens with one attached hydrogen (secondary N) is 1. The first-order valence-corrected chi connectivity index (χ1v) is 8.55. The predicted octanol–water partition coefficient (Wildman–Crippen LogP) is 2.83. The fraction of sp³-hybridized carbons (Fsp3) is 0.421. The normalized spacial score (nSPS) is 22.5. The van der Waals surface area contributed by atoms with Gasteiger partial charge in [0.25, 0.3) is 0 Å². The highest BCUT2D eigenvalue weighted by atomic mass is 16.2. The van der Waals surface area contributed by atoms with Gasteiger partial charge in [0.1, 0.15) is 0 Å². The van der Waals surface area contributed by atoms with Crippen LogP contribution in [0.2, 0.25) is 0 Å². The molecule has 2 aliphatic heterocycles. The molecule has 2 aromatic rings. The van der Waals surface area contributed by atoms with Crippen molar-refractivity contribution in [3.05, 3.63) is 48.0 Å². The van der Waals surface area contributed by atoms with Crippen molar-refractivity contribution in [3.8, 4) is 0 Å². The number of likely N-dealkylation sites (tertiary alicyclic amines) is 1. The van der Waals surface area contributed by atoms with Crippen LogP contribution >= 0.6 is 0 Å². The molecule has 0 spiro atoms. The number of nitrogens with zero attached hydrogens (tertiary/aromatic N) is 2. The van der Waals surface area contributed by atoms with Gasteiger partial charge in [0, 0.05) is 32.2 Å². The van der Waals surface area contributed by atoms with Crippen LogP contribution in [0.5, 0.6) is 0 Å². The molecule has 4 heteroatoms. The van der Waals surface area contributed by atoms with Crippen LogP contribution in [0.15, 0.2) is 42.5 Å². The van der Waals surface area contributed by atoms with E-state index in [1.165, 1.54) is 22.8 Å². The van der Waals surface area contributed by atoms with Gasteiger partial charge in [0.05, 0.1) is 0 Å². The van der Waals surface area contributed by atoms with E-state index in [4.69, 9.17) is 0 Å². The maximum absolute atomic E-state index is 11.9. The second-order valence-electron chi connectivity index (χ2n) is 6.59. The van der Waals surface area contributed by atoms with Crippen LogP contribution in [0.4, 0.5) is 4.79 Å². The number of piperidine rings is 1. The standard InChI is InChI=1S/C19H23N3O/c23-19-20-10-12-22(19)17-8-4-11-21(14-17)13-16-7-3-6-15-5-1-2-9-18(15)16/h1-3,5-7,9,17H,4,8,10-14H2,(H,20,23)/t17-/m0/s1.